The second-order valence-electron chi connectivity index (χ2n) is 4.23. The van der Waals surface area contributed by atoms with Crippen LogP contribution in [0.15, 0.2) is 58.3 Å². The summed E-state index contributed by atoms with van der Waals surface area (Å²) in [5.41, 5.74) is 0.227. The van der Waals surface area contributed by atoms with Gasteiger partial charge in [0.05, 0.1) is 9.79 Å². The van der Waals surface area contributed by atoms with Crippen molar-refractivity contribution >= 4 is 27.2 Å². The van der Waals surface area contributed by atoms with Gasteiger partial charge in [-0.25, -0.2) is 8.42 Å². The van der Waals surface area contributed by atoms with E-state index < -0.39 is 9.84 Å². The van der Waals surface area contributed by atoms with Crippen LogP contribution < -0.4 is 0 Å². The molecule has 0 saturated heterocycles. The fourth-order valence-electron chi connectivity index (χ4n) is 1.86. The maximum atomic E-state index is 12.6. The van der Waals surface area contributed by atoms with Gasteiger partial charge in [0.15, 0.2) is 5.78 Å². The van der Waals surface area contributed by atoms with Crippen LogP contribution in [0.3, 0.4) is 0 Å². The minimum atomic E-state index is -3.72. The second-order valence-corrected chi connectivity index (χ2v) is 6.58. The Morgan fingerprint density at radius 3 is 2.25 bits per heavy atom. The molecule has 0 aliphatic rings. The zero-order chi connectivity index (χ0) is 14.8. The highest BCUT2D eigenvalue weighted by Crippen LogP contribution is 2.25. The van der Waals surface area contributed by atoms with Crippen molar-refractivity contribution in [3.8, 4) is 0 Å². The normalized spacial score (nSPS) is 11.3. The number of carbonyl (C=O) groups excluding carboxylic acids is 1. The lowest BCUT2D eigenvalue weighted by atomic mass is 10.1. The molecule has 3 nitrogen and oxygen atoms in total. The summed E-state index contributed by atoms with van der Waals surface area (Å²) in [7, 11) is -3.72. The van der Waals surface area contributed by atoms with E-state index in [1.807, 2.05) is 0 Å². The second kappa shape index (κ2) is 5.77. The van der Waals surface area contributed by atoms with E-state index in [-0.39, 0.29) is 27.6 Å². The van der Waals surface area contributed by atoms with Crippen LogP contribution in [0.2, 0.25) is 5.02 Å². The summed E-state index contributed by atoms with van der Waals surface area (Å²) in [4.78, 5) is 12.0. The molecule has 0 spiro atoms. The molecule has 5 heteroatoms. The number of sulfone groups is 1. The summed E-state index contributed by atoms with van der Waals surface area (Å²) in [5.74, 6) is -0.196. The topological polar surface area (TPSA) is 51.2 Å². The first-order valence-corrected chi connectivity index (χ1v) is 7.96. The molecule has 0 fully saturated rings. The first kappa shape index (κ1) is 14.8. The monoisotopic (exact) mass is 308 g/mol. The standard InChI is InChI=1S/C15H13ClO3S/c1-2-14(17)13-5-3-4-6-15(13)20(18,19)12-9-7-11(16)8-10-12/h3-10H,2H2,1H3. The summed E-state index contributed by atoms with van der Waals surface area (Å²) in [6.45, 7) is 1.70. The fourth-order valence-corrected chi connectivity index (χ4v) is 3.47. The molecular weight excluding hydrogens is 296 g/mol. The number of benzene rings is 2. The van der Waals surface area contributed by atoms with Crippen molar-refractivity contribution in [3.05, 3.63) is 59.1 Å². The van der Waals surface area contributed by atoms with Crippen molar-refractivity contribution in [2.75, 3.05) is 0 Å². The minimum Gasteiger partial charge on any atom is -0.294 e. The Bertz CT molecular complexity index is 734. The van der Waals surface area contributed by atoms with Crippen molar-refractivity contribution in [1.29, 1.82) is 0 Å². The van der Waals surface area contributed by atoms with Crippen molar-refractivity contribution < 1.29 is 13.2 Å². The zero-order valence-electron chi connectivity index (χ0n) is 10.8. The molecule has 0 bridgehead atoms. The Labute approximate surface area is 123 Å². The van der Waals surface area contributed by atoms with E-state index in [4.69, 9.17) is 11.6 Å². The summed E-state index contributed by atoms with van der Waals surface area (Å²) in [5, 5.41) is 0.460. The molecule has 2 aromatic rings. The number of hydrogen-bond acceptors (Lipinski definition) is 3. The van der Waals surface area contributed by atoms with Crippen LogP contribution in [0.25, 0.3) is 0 Å². The van der Waals surface area contributed by atoms with Gasteiger partial charge in [0.25, 0.3) is 0 Å². The van der Waals surface area contributed by atoms with Crippen LogP contribution in [0.5, 0.6) is 0 Å². The molecule has 0 amide bonds. The highest BCUT2D eigenvalue weighted by atomic mass is 35.5. The molecule has 0 radical (unpaired) electrons. The molecular formula is C15H13ClO3S. The SMILES string of the molecule is CCC(=O)c1ccccc1S(=O)(=O)c1ccc(Cl)cc1. The molecule has 0 unspecified atom stereocenters. The van der Waals surface area contributed by atoms with E-state index in [0.29, 0.717) is 5.02 Å². The Morgan fingerprint density at radius 1 is 1.05 bits per heavy atom. The highest BCUT2D eigenvalue weighted by Gasteiger charge is 2.23. The minimum absolute atomic E-state index is 0.0363. The van der Waals surface area contributed by atoms with Crippen LogP contribution in [-0.2, 0) is 9.84 Å². The first-order valence-electron chi connectivity index (χ1n) is 6.09. The van der Waals surface area contributed by atoms with Crippen molar-refractivity contribution in [3.63, 3.8) is 0 Å². The van der Waals surface area contributed by atoms with E-state index in [0.717, 1.165) is 0 Å². The van der Waals surface area contributed by atoms with E-state index in [2.05, 4.69) is 0 Å². The number of carbonyl (C=O) groups is 1. The maximum absolute atomic E-state index is 12.6. The van der Waals surface area contributed by atoms with Gasteiger partial charge in [-0.05, 0) is 30.3 Å². The van der Waals surface area contributed by atoms with E-state index >= 15 is 0 Å². The first-order chi connectivity index (χ1) is 9.46. The van der Waals surface area contributed by atoms with Crippen LogP contribution in [-0.4, -0.2) is 14.2 Å². The Hall–Kier alpha value is -1.65. The number of ketones is 1. The largest absolute Gasteiger partial charge is 0.294 e. The number of hydrogen-bond donors (Lipinski definition) is 0. The van der Waals surface area contributed by atoms with Gasteiger partial charge in [0.1, 0.15) is 0 Å². The molecule has 0 N–H and O–H groups in total. The predicted molar refractivity (Wildman–Crippen MR) is 78.0 cm³/mol. The van der Waals surface area contributed by atoms with Crippen LogP contribution in [0, 0.1) is 0 Å². The third kappa shape index (κ3) is 2.76. The van der Waals surface area contributed by atoms with Gasteiger partial charge >= 0.3 is 0 Å². The van der Waals surface area contributed by atoms with E-state index in [9.17, 15) is 13.2 Å². The lowest BCUT2D eigenvalue weighted by Crippen LogP contribution is -2.09. The fraction of sp³-hybridized carbons (Fsp3) is 0.133. The summed E-state index contributed by atoms with van der Waals surface area (Å²) in [6, 6.07) is 12.1. The summed E-state index contributed by atoms with van der Waals surface area (Å²) < 4.78 is 25.2. The number of halogens is 1. The number of Topliss-reactive ketones (excluding diaryl/α,β-unsaturated/α-hetero) is 1. The van der Waals surface area contributed by atoms with Crippen LogP contribution in [0.4, 0.5) is 0 Å². The quantitative estimate of drug-likeness (QED) is 0.808. The van der Waals surface area contributed by atoms with E-state index in [1.54, 1.807) is 19.1 Å². The third-order valence-electron chi connectivity index (χ3n) is 2.92. The van der Waals surface area contributed by atoms with Crippen molar-refractivity contribution in [1.82, 2.24) is 0 Å². The van der Waals surface area contributed by atoms with Gasteiger partial charge in [-0.1, -0.05) is 36.7 Å². The third-order valence-corrected chi connectivity index (χ3v) is 5.00. The van der Waals surface area contributed by atoms with Crippen LogP contribution >= 0.6 is 11.6 Å². The molecule has 2 rings (SSSR count). The van der Waals surface area contributed by atoms with Gasteiger partial charge in [0, 0.05) is 17.0 Å². The Balaban J connectivity index is 2.61. The van der Waals surface area contributed by atoms with Gasteiger partial charge in [-0.2, -0.15) is 0 Å². The molecule has 0 aromatic heterocycles. The van der Waals surface area contributed by atoms with Gasteiger partial charge in [0.2, 0.25) is 9.84 Å². The molecule has 2 aromatic carbocycles. The van der Waals surface area contributed by atoms with Gasteiger partial charge in [-0.3, -0.25) is 4.79 Å². The lowest BCUT2D eigenvalue weighted by Gasteiger charge is -2.09. The Morgan fingerprint density at radius 2 is 1.65 bits per heavy atom. The predicted octanol–water partition coefficient (Wildman–Crippen LogP) is 3.77. The molecule has 0 heterocycles. The Kier molecular flexibility index (Phi) is 4.26. The molecule has 104 valence electrons. The van der Waals surface area contributed by atoms with Crippen LogP contribution in [0.1, 0.15) is 23.7 Å². The molecule has 0 saturated carbocycles. The number of rotatable bonds is 4. The highest BCUT2D eigenvalue weighted by molar-refractivity contribution is 7.91. The summed E-state index contributed by atoms with van der Waals surface area (Å²) >= 11 is 5.76. The zero-order valence-corrected chi connectivity index (χ0v) is 12.4. The smallest absolute Gasteiger partial charge is 0.207 e. The molecule has 0 atom stereocenters. The molecule has 20 heavy (non-hydrogen) atoms. The van der Waals surface area contributed by atoms with Crippen molar-refractivity contribution in [2.45, 2.75) is 23.1 Å². The average Bonchev–Trinajstić information content (AvgIpc) is 2.47. The van der Waals surface area contributed by atoms with Crippen molar-refractivity contribution in [2.24, 2.45) is 0 Å². The maximum Gasteiger partial charge on any atom is 0.207 e. The molecule has 0 aliphatic carbocycles. The lowest BCUT2D eigenvalue weighted by molar-refractivity contribution is 0.0985. The molecule has 0 aliphatic heterocycles. The van der Waals surface area contributed by atoms with Gasteiger partial charge in [-0.15, -0.1) is 0 Å². The van der Waals surface area contributed by atoms with Gasteiger partial charge < -0.3 is 0 Å². The van der Waals surface area contributed by atoms with E-state index in [1.165, 1.54) is 36.4 Å². The average molecular weight is 309 g/mol. The summed E-state index contributed by atoms with van der Waals surface area (Å²) in [6.07, 6.45) is 0.257.